The SMILES string of the molecule is CC(N)CCC(=O)NC(C)(C)c1ccc(F)c(F)c1. The Bertz CT molecular complexity index is 459. The van der Waals surface area contributed by atoms with Crippen LogP contribution in [0.15, 0.2) is 18.2 Å². The van der Waals surface area contributed by atoms with Crippen molar-refractivity contribution in [1.82, 2.24) is 5.32 Å². The van der Waals surface area contributed by atoms with Crippen LogP contribution in [-0.2, 0) is 10.3 Å². The fourth-order valence-electron chi connectivity index (χ4n) is 1.73. The Balaban J connectivity index is 2.74. The van der Waals surface area contributed by atoms with Gasteiger partial charge in [-0.1, -0.05) is 6.07 Å². The van der Waals surface area contributed by atoms with E-state index in [1.165, 1.54) is 6.07 Å². The van der Waals surface area contributed by atoms with Crippen molar-refractivity contribution in [3.05, 3.63) is 35.4 Å². The summed E-state index contributed by atoms with van der Waals surface area (Å²) in [5.41, 5.74) is 5.33. The maximum atomic E-state index is 13.2. The summed E-state index contributed by atoms with van der Waals surface area (Å²) in [6, 6.07) is 3.57. The third-order valence-electron chi connectivity index (χ3n) is 2.92. The summed E-state index contributed by atoms with van der Waals surface area (Å²) in [6.07, 6.45) is 0.893. The van der Waals surface area contributed by atoms with Crippen LogP contribution in [0, 0.1) is 11.6 Å². The molecule has 1 amide bonds. The molecule has 1 aromatic rings. The van der Waals surface area contributed by atoms with E-state index in [1.807, 2.05) is 6.92 Å². The number of carbonyl (C=O) groups is 1. The number of hydrogen-bond donors (Lipinski definition) is 2. The van der Waals surface area contributed by atoms with Gasteiger partial charge >= 0.3 is 0 Å². The smallest absolute Gasteiger partial charge is 0.220 e. The minimum Gasteiger partial charge on any atom is -0.347 e. The lowest BCUT2D eigenvalue weighted by Gasteiger charge is -2.27. The average molecular weight is 270 g/mol. The molecular formula is C14H20F2N2O. The Hall–Kier alpha value is -1.49. The second-order valence-corrected chi connectivity index (χ2v) is 5.32. The van der Waals surface area contributed by atoms with Gasteiger partial charge in [0.15, 0.2) is 11.6 Å². The van der Waals surface area contributed by atoms with Gasteiger partial charge in [0.2, 0.25) is 5.91 Å². The molecule has 0 heterocycles. The molecule has 19 heavy (non-hydrogen) atoms. The van der Waals surface area contributed by atoms with Gasteiger partial charge in [-0.2, -0.15) is 0 Å². The second kappa shape index (κ2) is 6.10. The Morgan fingerprint density at radius 2 is 2.00 bits per heavy atom. The average Bonchev–Trinajstić information content (AvgIpc) is 2.29. The number of nitrogens with two attached hydrogens (primary N) is 1. The van der Waals surface area contributed by atoms with Crippen LogP contribution >= 0.6 is 0 Å². The first kappa shape index (κ1) is 15.6. The Kier molecular flexibility index (Phi) is 5.00. The molecule has 0 bridgehead atoms. The first-order chi connectivity index (χ1) is 8.72. The molecule has 0 fully saturated rings. The lowest BCUT2D eigenvalue weighted by atomic mass is 9.93. The van der Waals surface area contributed by atoms with E-state index < -0.39 is 17.2 Å². The fraction of sp³-hybridized carbons (Fsp3) is 0.500. The molecule has 0 aromatic heterocycles. The van der Waals surface area contributed by atoms with Gasteiger partial charge in [0, 0.05) is 12.5 Å². The number of amides is 1. The van der Waals surface area contributed by atoms with Gasteiger partial charge in [0.1, 0.15) is 0 Å². The number of rotatable bonds is 5. The van der Waals surface area contributed by atoms with Gasteiger partial charge < -0.3 is 11.1 Å². The molecule has 1 atom stereocenters. The summed E-state index contributed by atoms with van der Waals surface area (Å²) in [6.45, 7) is 5.31. The molecule has 1 unspecified atom stereocenters. The first-order valence-electron chi connectivity index (χ1n) is 6.24. The Labute approximate surface area is 112 Å². The molecule has 0 aliphatic carbocycles. The molecule has 0 spiro atoms. The van der Waals surface area contributed by atoms with Crippen LogP contribution in [-0.4, -0.2) is 11.9 Å². The number of nitrogens with one attached hydrogen (secondary N) is 1. The second-order valence-electron chi connectivity index (χ2n) is 5.32. The molecule has 1 aromatic carbocycles. The van der Waals surface area contributed by atoms with Gasteiger partial charge in [-0.05, 0) is 44.9 Å². The van der Waals surface area contributed by atoms with Gasteiger partial charge in [0.05, 0.1) is 5.54 Å². The van der Waals surface area contributed by atoms with Gasteiger partial charge in [-0.3, -0.25) is 4.79 Å². The summed E-state index contributed by atoms with van der Waals surface area (Å²) in [7, 11) is 0. The monoisotopic (exact) mass is 270 g/mol. The molecule has 0 saturated carbocycles. The summed E-state index contributed by atoms with van der Waals surface area (Å²) >= 11 is 0. The number of carbonyl (C=O) groups excluding carboxylic acids is 1. The maximum Gasteiger partial charge on any atom is 0.220 e. The largest absolute Gasteiger partial charge is 0.347 e. The zero-order chi connectivity index (χ0) is 14.6. The van der Waals surface area contributed by atoms with Gasteiger partial charge in [-0.25, -0.2) is 8.78 Å². The van der Waals surface area contributed by atoms with Crippen LogP contribution in [0.3, 0.4) is 0 Å². The van der Waals surface area contributed by atoms with Crippen molar-refractivity contribution < 1.29 is 13.6 Å². The van der Waals surface area contributed by atoms with E-state index in [0.717, 1.165) is 12.1 Å². The molecule has 0 saturated heterocycles. The van der Waals surface area contributed by atoms with E-state index in [9.17, 15) is 13.6 Å². The van der Waals surface area contributed by atoms with Gasteiger partial charge in [0.25, 0.3) is 0 Å². The zero-order valence-electron chi connectivity index (χ0n) is 11.5. The minimum absolute atomic E-state index is 0.0443. The van der Waals surface area contributed by atoms with Crippen LogP contribution < -0.4 is 11.1 Å². The van der Waals surface area contributed by atoms with E-state index >= 15 is 0 Å². The minimum atomic E-state index is -0.921. The standard InChI is InChI=1S/C14H20F2N2O/c1-9(17)4-7-13(19)18-14(2,3)10-5-6-11(15)12(16)8-10/h5-6,8-9H,4,7,17H2,1-3H3,(H,18,19). The van der Waals surface area contributed by atoms with Gasteiger partial charge in [-0.15, -0.1) is 0 Å². The van der Waals surface area contributed by atoms with Crippen LogP contribution in [0.25, 0.3) is 0 Å². The van der Waals surface area contributed by atoms with E-state index in [-0.39, 0.29) is 11.9 Å². The summed E-state index contributed by atoms with van der Waals surface area (Å²) in [4.78, 5) is 11.8. The highest BCUT2D eigenvalue weighted by atomic mass is 19.2. The van der Waals surface area contributed by atoms with Crippen LogP contribution in [0.1, 0.15) is 39.2 Å². The van der Waals surface area contributed by atoms with Crippen LogP contribution in [0.4, 0.5) is 8.78 Å². The van der Waals surface area contributed by atoms with Crippen LogP contribution in [0.5, 0.6) is 0 Å². The van der Waals surface area contributed by atoms with Crippen molar-refractivity contribution in [3.8, 4) is 0 Å². The van der Waals surface area contributed by atoms with Crippen molar-refractivity contribution >= 4 is 5.91 Å². The summed E-state index contributed by atoms with van der Waals surface area (Å²) < 4.78 is 26.1. The Morgan fingerprint density at radius 3 is 2.53 bits per heavy atom. The predicted molar refractivity (Wildman–Crippen MR) is 70.4 cm³/mol. The normalized spacial score (nSPS) is 13.2. The van der Waals surface area contributed by atoms with Crippen molar-refractivity contribution in [1.29, 1.82) is 0 Å². The lowest BCUT2D eigenvalue weighted by Crippen LogP contribution is -2.41. The Morgan fingerprint density at radius 1 is 1.37 bits per heavy atom. The zero-order valence-corrected chi connectivity index (χ0v) is 11.5. The van der Waals surface area contributed by atoms with E-state index in [2.05, 4.69) is 5.32 Å². The third-order valence-corrected chi connectivity index (χ3v) is 2.92. The highest BCUT2D eigenvalue weighted by molar-refractivity contribution is 5.77. The topological polar surface area (TPSA) is 55.1 Å². The summed E-state index contributed by atoms with van der Waals surface area (Å²) in [5.74, 6) is -1.98. The fourth-order valence-corrected chi connectivity index (χ4v) is 1.73. The van der Waals surface area contributed by atoms with Crippen LogP contribution in [0.2, 0.25) is 0 Å². The van der Waals surface area contributed by atoms with E-state index in [0.29, 0.717) is 18.4 Å². The number of hydrogen-bond acceptors (Lipinski definition) is 2. The molecule has 0 aliphatic heterocycles. The van der Waals surface area contributed by atoms with Crippen molar-refractivity contribution in [2.24, 2.45) is 5.73 Å². The first-order valence-corrected chi connectivity index (χ1v) is 6.24. The third kappa shape index (κ3) is 4.59. The molecule has 106 valence electrons. The molecule has 0 radical (unpaired) electrons. The van der Waals surface area contributed by atoms with E-state index in [1.54, 1.807) is 13.8 Å². The molecule has 3 nitrogen and oxygen atoms in total. The number of benzene rings is 1. The van der Waals surface area contributed by atoms with Crippen molar-refractivity contribution in [3.63, 3.8) is 0 Å². The summed E-state index contributed by atoms with van der Waals surface area (Å²) in [5, 5.41) is 2.79. The molecule has 5 heteroatoms. The highest BCUT2D eigenvalue weighted by Gasteiger charge is 2.23. The molecular weight excluding hydrogens is 250 g/mol. The van der Waals surface area contributed by atoms with Crippen molar-refractivity contribution in [2.75, 3.05) is 0 Å². The predicted octanol–water partition coefficient (Wildman–Crippen LogP) is 2.44. The maximum absolute atomic E-state index is 13.2. The highest BCUT2D eigenvalue weighted by Crippen LogP contribution is 2.22. The quantitative estimate of drug-likeness (QED) is 0.863. The molecule has 0 aliphatic rings. The molecule has 1 rings (SSSR count). The van der Waals surface area contributed by atoms with Crippen molar-refractivity contribution in [2.45, 2.75) is 45.2 Å². The molecule has 3 N–H and O–H groups in total. The van der Waals surface area contributed by atoms with E-state index in [4.69, 9.17) is 5.73 Å². The lowest BCUT2D eigenvalue weighted by molar-refractivity contribution is -0.122. The number of halogens is 2.